The number of carbonyl (C=O) groups is 1. The SMILES string of the molecule is Cc1ccccc1N(CC(=O)Nc1cc(C(F)(F)F)ccc1-n1cccn1)S(C)(=O)=O. The first kappa shape index (κ1) is 22.3. The fourth-order valence-electron chi connectivity index (χ4n) is 2.97. The van der Waals surface area contributed by atoms with Gasteiger partial charge in [-0.25, -0.2) is 13.1 Å². The van der Waals surface area contributed by atoms with Crippen molar-refractivity contribution >= 4 is 27.3 Å². The highest BCUT2D eigenvalue weighted by molar-refractivity contribution is 7.92. The number of nitrogens with zero attached hydrogens (tertiary/aromatic N) is 3. The lowest BCUT2D eigenvalue weighted by Crippen LogP contribution is -2.38. The van der Waals surface area contributed by atoms with Crippen LogP contribution in [0.25, 0.3) is 5.69 Å². The fourth-order valence-corrected chi connectivity index (χ4v) is 3.88. The van der Waals surface area contributed by atoms with Crippen LogP contribution >= 0.6 is 0 Å². The molecule has 1 N–H and O–H groups in total. The lowest BCUT2D eigenvalue weighted by molar-refractivity contribution is -0.137. The van der Waals surface area contributed by atoms with Gasteiger partial charge in [-0.1, -0.05) is 18.2 Å². The van der Waals surface area contributed by atoms with Gasteiger partial charge >= 0.3 is 6.18 Å². The molecule has 0 fully saturated rings. The van der Waals surface area contributed by atoms with Gasteiger partial charge < -0.3 is 5.32 Å². The molecule has 0 saturated heterocycles. The Morgan fingerprint density at radius 3 is 2.45 bits per heavy atom. The van der Waals surface area contributed by atoms with Crippen LogP contribution in [0.2, 0.25) is 0 Å². The summed E-state index contributed by atoms with van der Waals surface area (Å²) >= 11 is 0. The standard InChI is InChI=1S/C20H19F3N4O3S/c1-14-6-3-4-7-17(14)27(31(2,29)30)13-19(28)25-16-12-15(20(21,22)23)8-9-18(16)26-11-5-10-24-26/h3-12H,13H2,1-2H3,(H,25,28). The van der Waals surface area contributed by atoms with Crippen LogP contribution in [0.15, 0.2) is 60.9 Å². The Morgan fingerprint density at radius 1 is 1.16 bits per heavy atom. The van der Waals surface area contributed by atoms with Gasteiger partial charge in [0.2, 0.25) is 15.9 Å². The number of rotatable bonds is 6. The van der Waals surface area contributed by atoms with Crippen molar-refractivity contribution in [2.24, 2.45) is 0 Å². The van der Waals surface area contributed by atoms with Crippen LogP contribution in [0.3, 0.4) is 0 Å². The van der Waals surface area contributed by atoms with Crippen LogP contribution in [0, 0.1) is 6.92 Å². The van der Waals surface area contributed by atoms with Gasteiger partial charge in [-0.3, -0.25) is 9.10 Å². The molecule has 2 aromatic carbocycles. The molecule has 0 spiro atoms. The number of amides is 1. The van der Waals surface area contributed by atoms with Crippen LogP contribution in [-0.4, -0.2) is 36.9 Å². The fraction of sp³-hybridized carbons (Fsp3) is 0.200. The second-order valence-electron chi connectivity index (χ2n) is 6.78. The minimum absolute atomic E-state index is 0.151. The number of hydrogen-bond donors (Lipinski definition) is 1. The molecular weight excluding hydrogens is 433 g/mol. The molecule has 0 aliphatic carbocycles. The van der Waals surface area contributed by atoms with Crippen LogP contribution in [0.1, 0.15) is 11.1 Å². The Morgan fingerprint density at radius 2 is 1.87 bits per heavy atom. The molecule has 31 heavy (non-hydrogen) atoms. The van der Waals surface area contributed by atoms with E-state index >= 15 is 0 Å². The van der Waals surface area contributed by atoms with Crippen molar-refractivity contribution in [1.82, 2.24) is 9.78 Å². The number of nitrogens with one attached hydrogen (secondary N) is 1. The molecule has 1 aromatic heterocycles. The van der Waals surface area contributed by atoms with E-state index in [1.807, 2.05) is 0 Å². The first-order valence-corrected chi connectivity index (χ1v) is 10.9. The molecule has 0 aliphatic heterocycles. The van der Waals surface area contributed by atoms with Crippen LogP contribution < -0.4 is 9.62 Å². The average molecular weight is 452 g/mol. The number of aryl methyl sites for hydroxylation is 1. The molecule has 164 valence electrons. The molecule has 0 unspecified atom stereocenters. The second kappa shape index (κ2) is 8.42. The zero-order chi connectivity index (χ0) is 22.8. The summed E-state index contributed by atoms with van der Waals surface area (Å²) in [7, 11) is -3.84. The predicted octanol–water partition coefficient (Wildman–Crippen LogP) is 3.60. The van der Waals surface area contributed by atoms with Crippen molar-refractivity contribution < 1.29 is 26.4 Å². The number of carbonyl (C=O) groups excluding carboxylic acids is 1. The van der Waals surface area contributed by atoms with Gasteiger partial charge in [-0.05, 0) is 42.8 Å². The van der Waals surface area contributed by atoms with Gasteiger partial charge in [0.05, 0.1) is 28.9 Å². The molecular formula is C20H19F3N4O3S. The number of hydrogen-bond acceptors (Lipinski definition) is 4. The molecule has 0 radical (unpaired) electrons. The minimum atomic E-state index is -4.62. The van der Waals surface area contributed by atoms with E-state index in [4.69, 9.17) is 0 Å². The van der Waals surface area contributed by atoms with Gasteiger partial charge in [-0.2, -0.15) is 18.3 Å². The predicted molar refractivity (Wildman–Crippen MR) is 111 cm³/mol. The summed E-state index contributed by atoms with van der Waals surface area (Å²) in [5.41, 5.74) is 0.0148. The maximum Gasteiger partial charge on any atom is 0.416 e. The number of benzene rings is 2. The Balaban J connectivity index is 1.95. The van der Waals surface area contributed by atoms with Crippen LogP contribution in [0.4, 0.5) is 24.5 Å². The molecule has 7 nitrogen and oxygen atoms in total. The molecule has 0 saturated carbocycles. The first-order chi connectivity index (χ1) is 14.5. The van der Waals surface area contributed by atoms with Gasteiger partial charge in [0.25, 0.3) is 0 Å². The van der Waals surface area contributed by atoms with Crippen molar-refractivity contribution in [3.63, 3.8) is 0 Å². The third kappa shape index (κ3) is 5.23. The molecule has 1 amide bonds. The molecule has 3 aromatic rings. The van der Waals surface area contributed by atoms with E-state index in [9.17, 15) is 26.4 Å². The summed E-state index contributed by atoms with van der Waals surface area (Å²) in [6.07, 6.45) is -0.727. The topological polar surface area (TPSA) is 84.3 Å². The highest BCUT2D eigenvalue weighted by Crippen LogP contribution is 2.33. The van der Waals surface area contributed by atoms with Gasteiger partial charge in [0.1, 0.15) is 6.54 Å². The molecule has 0 aliphatic rings. The molecule has 0 bridgehead atoms. The van der Waals surface area contributed by atoms with Crippen LogP contribution in [0.5, 0.6) is 0 Å². The van der Waals surface area contributed by atoms with E-state index in [0.717, 1.165) is 22.7 Å². The molecule has 1 heterocycles. The van der Waals surface area contributed by atoms with Crippen molar-refractivity contribution in [1.29, 1.82) is 0 Å². The number of sulfonamides is 1. The third-order valence-corrected chi connectivity index (χ3v) is 5.55. The van der Waals surface area contributed by atoms with Crippen molar-refractivity contribution in [3.8, 4) is 5.69 Å². The largest absolute Gasteiger partial charge is 0.416 e. The highest BCUT2D eigenvalue weighted by Gasteiger charge is 2.31. The van der Waals surface area contributed by atoms with Gasteiger partial charge in [-0.15, -0.1) is 0 Å². The van der Waals surface area contributed by atoms with Crippen molar-refractivity contribution in [3.05, 3.63) is 72.1 Å². The summed E-state index contributed by atoms with van der Waals surface area (Å²) in [4.78, 5) is 12.7. The number of aromatic nitrogens is 2. The maximum absolute atomic E-state index is 13.2. The molecule has 0 atom stereocenters. The highest BCUT2D eigenvalue weighted by atomic mass is 32.2. The molecule has 11 heteroatoms. The third-order valence-electron chi connectivity index (χ3n) is 4.42. The van der Waals surface area contributed by atoms with E-state index in [0.29, 0.717) is 11.3 Å². The smallest absolute Gasteiger partial charge is 0.323 e. The number of alkyl halides is 3. The van der Waals surface area contributed by atoms with Gasteiger partial charge in [0, 0.05) is 12.4 Å². The first-order valence-electron chi connectivity index (χ1n) is 9.01. The summed E-state index contributed by atoms with van der Waals surface area (Å²) in [6, 6.07) is 11.0. The Bertz CT molecular complexity index is 1190. The molecule has 3 rings (SSSR count). The second-order valence-corrected chi connectivity index (χ2v) is 8.69. The monoisotopic (exact) mass is 452 g/mol. The lowest BCUT2D eigenvalue weighted by atomic mass is 10.1. The number of para-hydroxylation sites is 1. The Kier molecular flexibility index (Phi) is 6.07. The van der Waals surface area contributed by atoms with Gasteiger partial charge in [0.15, 0.2) is 0 Å². The van der Waals surface area contributed by atoms with E-state index in [1.165, 1.54) is 23.1 Å². The summed E-state index contributed by atoms with van der Waals surface area (Å²) in [6.45, 7) is 1.08. The zero-order valence-corrected chi connectivity index (χ0v) is 17.4. The van der Waals surface area contributed by atoms with Crippen molar-refractivity contribution in [2.45, 2.75) is 13.1 Å². The number of halogens is 3. The number of anilines is 2. The van der Waals surface area contributed by atoms with E-state index in [2.05, 4.69) is 10.4 Å². The summed E-state index contributed by atoms with van der Waals surface area (Å²) in [5, 5.41) is 6.38. The average Bonchev–Trinajstić information content (AvgIpc) is 3.20. The normalized spacial score (nSPS) is 11.9. The minimum Gasteiger partial charge on any atom is -0.323 e. The van der Waals surface area contributed by atoms with Crippen LogP contribution in [-0.2, 0) is 21.0 Å². The van der Waals surface area contributed by atoms with E-state index in [-0.39, 0.29) is 11.4 Å². The Hall–Kier alpha value is -3.34. The summed E-state index contributed by atoms with van der Waals surface area (Å²) in [5.74, 6) is -0.804. The van der Waals surface area contributed by atoms with E-state index in [1.54, 1.807) is 37.3 Å². The maximum atomic E-state index is 13.2. The van der Waals surface area contributed by atoms with Crippen molar-refractivity contribution in [2.75, 3.05) is 22.4 Å². The van der Waals surface area contributed by atoms with E-state index < -0.39 is 34.2 Å². The summed E-state index contributed by atoms with van der Waals surface area (Å²) < 4.78 is 66.4. The Labute approximate surface area is 177 Å². The zero-order valence-electron chi connectivity index (χ0n) is 16.6. The quantitative estimate of drug-likeness (QED) is 0.619. The lowest BCUT2D eigenvalue weighted by Gasteiger charge is -2.24.